The van der Waals surface area contributed by atoms with Crippen molar-refractivity contribution in [3.8, 4) is 0 Å². The lowest BCUT2D eigenvalue weighted by Crippen LogP contribution is -2.38. The van der Waals surface area contributed by atoms with Gasteiger partial charge in [0.25, 0.3) is 6.43 Å². The molecule has 1 N–H and O–H groups in total. The third-order valence-electron chi connectivity index (χ3n) is 2.51. The number of nitrogens with zero attached hydrogens (tertiary/aromatic N) is 1. The Kier molecular flexibility index (Phi) is 5.62. The molecule has 1 heterocycles. The molecule has 1 atom stereocenters. The minimum Gasteiger partial charge on any atom is -0.395 e. The molecule has 6 heteroatoms. The molecular weight excluding hydrogens is 220 g/mol. The number of hydrogen-bond acceptors (Lipinski definition) is 3. The lowest BCUT2D eigenvalue weighted by atomic mass is 10.1. The van der Waals surface area contributed by atoms with E-state index in [1.807, 2.05) is 0 Å². The van der Waals surface area contributed by atoms with Crippen LogP contribution in [0, 0.1) is 0 Å². The summed E-state index contributed by atoms with van der Waals surface area (Å²) in [6.07, 6.45) is -0.876. The Hall–Kier alpha value is -0.750. The van der Waals surface area contributed by atoms with Crippen LogP contribution in [-0.4, -0.2) is 54.7 Å². The van der Waals surface area contributed by atoms with Crippen LogP contribution < -0.4 is 0 Å². The Bertz CT molecular complexity index is 220. The third-order valence-corrected chi connectivity index (χ3v) is 2.51. The summed E-state index contributed by atoms with van der Waals surface area (Å²) < 4.78 is 29.6. The first kappa shape index (κ1) is 13.3. The maximum atomic E-state index is 12.2. The van der Waals surface area contributed by atoms with Gasteiger partial charge in [-0.1, -0.05) is 0 Å². The molecule has 0 aromatic rings. The second kappa shape index (κ2) is 6.75. The number of alkyl halides is 2. The van der Waals surface area contributed by atoms with Crippen molar-refractivity contribution in [2.75, 3.05) is 26.3 Å². The van der Waals surface area contributed by atoms with Crippen LogP contribution in [-0.2, 0) is 9.53 Å². The van der Waals surface area contributed by atoms with E-state index in [1.54, 1.807) is 0 Å². The maximum Gasteiger partial charge on any atom is 0.255 e. The minimum absolute atomic E-state index is 0.0457. The van der Waals surface area contributed by atoms with Crippen LogP contribution in [0.5, 0.6) is 0 Å². The Labute approximate surface area is 93.2 Å². The van der Waals surface area contributed by atoms with Gasteiger partial charge in [-0.25, -0.2) is 8.78 Å². The van der Waals surface area contributed by atoms with Crippen molar-refractivity contribution in [2.45, 2.75) is 31.8 Å². The summed E-state index contributed by atoms with van der Waals surface area (Å²) in [6.45, 7) is -0.335. The predicted octanol–water partition coefficient (Wildman–Crippen LogP) is 0.641. The van der Waals surface area contributed by atoms with Gasteiger partial charge in [-0.15, -0.1) is 0 Å². The van der Waals surface area contributed by atoms with Crippen molar-refractivity contribution >= 4 is 5.91 Å². The maximum absolute atomic E-state index is 12.2. The van der Waals surface area contributed by atoms with E-state index in [9.17, 15) is 13.6 Å². The second-order valence-corrected chi connectivity index (χ2v) is 3.79. The first-order valence-electron chi connectivity index (χ1n) is 5.42. The summed E-state index contributed by atoms with van der Waals surface area (Å²) in [4.78, 5) is 12.6. The van der Waals surface area contributed by atoms with E-state index in [4.69, 9.17) is 9.84 Å². The zero-order chi connectivity index (χ0) is 12.0. The molecule has 1 saturated heterocycles. The van der Waals surface area contributed by atoms with Crippen LogP contribution in [0.25, 0.3) is 0 Å². The molecule has 1 rings (SSSR count). The van der Waals surface area contributed by atoms with E-state index in [-0.39, 0.29) is 31.6 Å². The lowest BCUT2D eigenvalue weighted by Gasteiger charge is -2.22. The zero-order valence-corrected chi connectivity index (χ0v) is 9.07. The Morgan fingerprint density at radius 2 is 2.31 bits per heavy atom. The molecule has 0 saturated carbocycles. The fourth-order valence-corrected chi connectivity index (χ4v) is 1.73. The molecule has 0 radical (unpaired) electrons. The first-order valence-corrected chi connectivity index (χ1v) is 5.42. The Morgan fingerprint density at radius 3 is 2.81 bits per heavy atom. The van der Waals surface area contributed by atoms with Gasteiger partial charge in [0.05, 0.1) is 25.7 Å². The Balaban J connectivity index is 2.39. The molecule has 1 fully saturated rings. The highest BCUT2D eigenvalue weighted by Gasteiger charge is 2.24. The monoisotopic (exact) mass is 237 g/mol. The van der Waals surface area contributed by atoms with E-state index in [2.05, 4.69) is 0 Å². The number of carbonyl (C=O) groups is 1. The molecular formula is C10H17F2NO3. The lowest BCUT2D eigenvalue weighted by molar-refractivity contribution is -0.136. The van der Waals surface area contributed by atoms with Crippen molar-refractivity contribution in [3.05, 3.63) is 0 Å². The molecule has 4 nitrogen and oxygen atoms in total. The molecule has 1 amide bonds. The Morgan fingerprint density at radius 1 is 1.56 bits per heavy atom. The summed E-state index contributed by atoms with van der Waals surface area (Å²) in [5.74, 6) is -0.374. The molecule has 0 aliphatic carbocycles. The summed E-state index contributed by atoms with van der Waals surface area (Å²) in [5.41, 5.74) is 0. The molecule has 0 aromatic carbocycles. The van der Waals surface area contributed by atoms with Crippen LogP contribution in [0.1, 0.15) is 19.3 Å². The highest BCUT2D eigenvalue weighted by atomic mass is 19.3. The van der Waals surface area contributed by atoms with Crippen molar-refractivity contribution in [3.63, 3.8) is 0 Å². The highest BCUT2D eigenvalue weighted by molar-refractivity contribution is 5.76. The van der Waals surface area contributed by atoms with Gasteiger partial charge in [-0.3, -0.25) is 4.79 Å². The van der Waals surface area contributed by atoms with E-state index < -0.39 is 13.0 Å². The molecule has 94 valence electrons. The van der Waals surface area contributed by atoms with Crippen LogP contribution >= 0.6 is 0 Å². The minimum atomic E-state index is -2.57. The topological polar surface area (TPSA) is 49.8 Å². The van der Waals surface area contributed by atoms with Crippen molar-refractivity contribution < 1.29 is 23.4 Å². The van der Waals surface area contributed by atoms with Crippen LogP contribution in [0.2, 0.25) is 0 Å². The predicted molar refractivity (Wildman–Crippen MR) is 53.3 cm³/mol. The van der Waals surface area contributed by atoms with Gasteiger partial charge in [0.2, 0.25) is 5.91 Å². The molecule has 0 aromatic heterocycles. The second-order valence-electron chi connectivity index (χ2n) is 3.79. The first-order chi connectivity index (χ1) is 7.63. The smallest absolute Gasteiger partial charge is 0.255 e. The number of halogens is 2. The number of hydrogen-bond donors (Lipinski definition) is 1. The molecule has 1 aliphatic heterocycles. The molecule has 1 aliphatic rings. The van der Waals surface area contributed by atoms with Crippen LogP contribution in [0.3, 0.4) is 0 Å². The molecule has 0 bridgehead atoms. The average molecular weight is 237 g/mol. The fourth-order valence-electron chi connectivity index (χ4n) is 1.73. The van der Waals surface area contributed by atoms with E-state index in [0.717, 1.165) is 17.7 Å². The summed E-state index contributed by atoms with van der Waals surface area (Å²) in [6, 6.07) is 0. The number of carbonyl (C=O) groups excluding carboxylic acids is 1. The normalized spacial score (nSPS) is 20.4. The summed E-state index contributed by atoms with van der Waals surface area (Å²) >= 11 is 0. The van der Waals surface area contributed by atoms with Gasteiger partial charge in [0, 0.05) is 13.2 Å². The van der Waals surface area contributed by atoms with Crippen molar-refractivity contribution in [1.82, 2.24) is 4.90 Å². The van der Waals surface area contributed by atoms with Gasteiger partial charge in [0.1, 0.15) is 0 Å². The highest BCUT2D eigenvalue weighted by Crippen LogP contribution is 2.16. The largest absolute Gasteiger partial charge is 0.395 e. The van der Waals surface area contributed by atoms with E-state index in [1.165, 1.54) is 0 Å². The molecule has 1 unspecified atom stereocenters. The summed E-state index contributed by atoms with van der Waals surface area (Å²) in [5, 5.41) is 8.69. The number of rotatable bonds is 6. The zero-order valence-electron chi connectivity index (χ0n) is 9.07. The quantitative estimate of drug-likeness (QED) is 0.737. The van der Waals surface area contributed by atoms with E-state index in [0.29, 0.717) is 6.61 Å². The fraction of sp³-hybridized carbons (Fsp3) is 0.900. The van der Waals surface area contributed by atoms with Crippen LogP contribution in [0.15, 0.2) is 0 Å². The van der Waals surface area contributed by atoms with Gasteiger partial charge in [0.15, 0.2) is 0 Å². The van der Waals surface area contributed by atoms with Gasteiger partial charge in [-0.2, -0.15) is 0 Å². The standard InChI is InChI=1S/C10H17F2NO3/c11-9(12)7-13(3-4-14)10(15)6-8-2-1-5-16-8/h8-9,14H,1-7H2. The van der Waals surface area contributed by atoms with E-state index >= 15 is 0 Å². The van der Waals surface area contributed by atoms with Crippen LogP contribution in [0.4, 0.5) is 8.78 Å². The third kappa shape index (κ3) is 4.40. The molecule has 0 spiro atoms. The number of ether oxygens (including phenoxy) is 1. The van der Waals surface area contributed by atoms with Crippen molar-refractivity contribution in [1.29, 1.82) is 0 Å². The van der Waals surface area contributed by atoms with Gasteiger partial charge in [-0.05, 0) is 12.8 Å². The summed E-state index contributed by atoms with van der Waals surface area (Å²) in [7, 11) is 0. The number of amides is 1. The number of aliphatic hydroxyl groups is 1. The molecule has 16 heavy (non-hydrogen) atoms. The van der Waals surface area contributed by atoms with Gasteiger partial charge < -0.3 is 14.7 Å². The van der Waals surface area contributed by atoms with Crippen molar-refractivity contribution in [2.24, 2.45) is 0 Å². The SMILES string of the molecule is O=C(CC1CCCO1)N(CCO)CC(F)F. The van der Waals surface area contributed by atoms with Gasteiger partial charge >= 0.3 is 0 Å². The average Bonchev–Trinajstić information content (AvgIpc) is 2.69. The number of aliphatic hydroxyl groups excluding tert-OH is 1.